The molecule has 0 atom stereocenters. The zero-order chi connectivity index (χ0) is 20.6. The first-order valence-electron chi connectivity index (χ1n) is 10.7. The Hall–Kier alpha value is -2.04. The molecular weight excluding hydrogens is 348 g/mol. The van der Waals surface area contributed by atoms with E-state index >= 15 is 0 Å². The Bertz CT molecular complexity index is 631. The molecule has 1 aliphatic heterocycles. The van der Waals surface area contributed by atoms with Crippen LogP contribution in [0.1, 0.15) is 53.0 Å². The fraction of sp³-hybridized carbons (Fsp3) is 0.652. The van der Waals surface area contributed by atoms with Gasteiger partial charge in [-0.1, -0.05) is 58.0 Å². The second-order valence-corrected chi connectivity index (χ2v) is 8.92. The van der Waals surface area contributed by atoms with E-state index in [9.17, 15) is 4.79 Å². The van der Waals surface area contributed by atoms with Crippen molar-refractivity contribution < 1.29 is 4.79 Å². The third-order valence-electron chi connectivity index (χ3n) is 5.18. The zero-order valence-electron chi connectivity index (χ0n) is 18.3. The van der Waals surface area contributed by atoms with Gasteiger partial charge in [0.1, 0.15) is 0 Å². The Morgan fingerprint density at radius 3 is 2.43 bits per heavy atom. The summed E-state index contributed by atoms with van der Waals surface area (Å²) < 4.78 is 0. The first-order valence-corrected chi connectivity index (χ1v) is 10.7. The SMILES string of the molecule is CCNC(=NCC(C)(C)Cc1ccccc1)NC1CCN(C(=O)C(C)C)CC1. The monoisotopic (exact) mass is 386 g/mol. The summed E-state index contributed by atoms with van der Waals surface area (Å²) in [5, 5.41) is 6.96. The van der Waals surface area contributed by atoms with Crippen molar-refractivity contribution in [2.24, 2.45) is 16.3 Å². The number of aliphatic imine (C=N–C) groups is 1. The molecule has 5 nitrogen and oxygen atoms in total. The summed E-state index contributed by atoms with van der Waals surface area (Å²) in [7, 11) is 0. The highest BCUT2D eigenvalue weighted by Crippen LogP contribution is 2.22. The maximum Gasteiger partial charge on any atom is 0.225 e. The standard InChI is InChI=1S/C23H38N4O/c1-6-24-22(25-17-23(4,5)16-19-10-8-7-9-11-19)26-20-12-14-27(15-13-20)21(28)18(2)3/h7-11,18,20H,6,12-17H2,1-5H3,(H2,24,25,26). The molecule has 0 spiro atoms. The van der Waals surface area contributed by atoms with Gasteiger partial charge in [0, 0.05) is 38.1 Å². The quantitative estimate of drug-likeness (QED) is 0.557. The van der Waals surface area contributed by atoms with Crippen LogP contribution in [-0.4, -0.2) is 49.0 Å². The van der Waals surface area contributed by atoms with Gasteiger partial charge < -0.3 is 15.5 Å². The van der Waals surface area contributed by atoms with E-state index in [4.69, 9.17) is 4.99 Å². The van der Waals surface area contributed by atoms with Crippen LogP contribution in [0.5, 0.6) is 0 Å². The van der Waals surface area contributed by atoms with E-state index in [-0.39, 0.29) is 17.2 Å². The van der Waals surface area contributed by atoms with Crippen molar-refractivity contribution in [3.8, 4) is 0 Å². The van der Waals surface area contributed by atoms with Crippen molar-refractivity contribution in [2.45, 2.75) is 59.9 Å². The predicted octanol–water partition coefficient (Wildman–Crippen LogP) is 3.46. The zero-order valence-corrected chi connectivity index (χ0v) is 18.3. The molecular formula is C23H38N4O. The Morgan fingerprint density at radius 1 is 1.21 bits per heavy atom. The lowest BCUT2D eigenvalue weighted by molar-refractivity contribution is -0.135. The number of carbonyl (C=O) groups excluding carboxylic acids is 1. The summed E-state index contributed by atoms with van der Waals surface area (Å²) in [5.41, 5.74) is 1.44. The highest BCUT2D eigenvalue weighted by atomic mass is 16.2. The van der Waals surface area contributed by atoms with E-state index in [1.807, 2.05) is 18.7 Å². The van der Waals surface area contributed by atoms with Crippen molar-refractivity contribution in [2.75, 3.05) is 26.2 Å². The molecule has 0 aromatic heterocycles. The van der Waals surface area contributed by atoms with Crippen LogP contribution in [0.4, 0.5) is 0 Å². The fourth-order valence-electron chi connectivity index (χ4n) is 3.62. The minimum atomic E-state index is 0.0789. The predicted molar refractivity (Wildman–Crippen MR) is 117 cm³/mol. The second-order valence-electron chi connectivity index (χ2n) is 8.92. The number of likely N-dealkylation sites (tertiary alicyclic amines) is 1. The summed E-state index contributed by atoms with van der Waals surface area (Å²) >= 11 is 0. The first kappa shape index (κ1) is 22.3. The normalized spacial score (nSPS) is 16.4. The molecule has 5 heteroatoms. The second kappa shape index (κ2) is 10.5. The average molecular weight is 387 g/mol. The van der Waals surface area contributed by atoms with Crippen LogP contribution in [0, 0.1) is 11.3 Å². The van der Waals surface area contributed by atoms with Gasteiger partial charge in [0.15, 0.2) is 5.96 Å². The Kier molecular flexibility index (Phi) is 8.34. The van der Waals surface area contributed by atoms with E-state index in [2.05, 4.69) is 61.7 Å². The molecule has 0 aliphatic carbocycles. The highest BCUT2D eigenvalue weighted by molar-refractivity contribution is 5.80. The van der Waals surface area contributed by atoms with Crippen LogP contribution in [0.25, 0.3) is 0 Å². The van der Waals surface area contributed by atoms with Crippen molar-refractivity contribution in [1.82, 2.24) is 15.5 Å². The topological polar surface area (TPSA) is 56.7 Å². The Balaban J connectivity index is 1.89. The smallest absolute Gasteiger partial charge is 0.225 e. The molecule has 1 aromatic carbocycles. The summed E-state index contributed by atoms with van der Waals surface area (Å²) in [6.45, 7) is 13.8. The molecule has 0 unspecified atom stereocenters. The lowest BCUT2D eigenvalue weighted by atomic mass is 9.86. The molecule has 28 heavy (non-hydrogen) atoms. The van der Waals surface area contributed by atoms with E-state index < -0.39 is 0 Å². The number of guanidine groups is 1. The third kappa shape index (κ3) is 7.17. The van der Waals surface area contributed by atoms with E-state index in [0.29, 0.717) is 6.04 Å². The van der Waals surface area contributed by atoms with Crippen LogP contribution >= 0.6 is 0 Å². The molecule has 0 saturated carbocycles. The number of benzene rings is 1. The van der Waals surface area contributed by atoms with Gasteiger partial charge >= 0.3 is 0 Å². The van der Waals surface area contributed by atoms with Crippen molar-refractivity contribution in [1.29, 1.82) is 0 Å². The lowest BCUT2D eigenvalue weighted by Crippen LogP contribution is -2.50. The van der Waals surface area contributed by atoms with Crippen LogP contribution in [-0.2, 0) is 11.2 Å². The molecule has 2 rings (SSSR count). The number of hydrogen-bond donors (Lipinski definition) is 2. The first-order chi connectivity index (χ1) is 13.3. The van der Waals surface area contributed by atoms with Gasteiger partial charge in [-0.15, -0.1) is 0 Å². The van der Waals surface area contributed by atoms with Crippen LogP contribution in [0.2, 0.25) is 0 Å². The Labute approximate surface area is 171 Å². The number of amides is 1. The molecule has 1 aromatic rings. The van der Waals surface area contributed by atoms with Gasteiger partial charge in [-0.2, -0.15) is 0 Å². The molecule has 1 fully saturated rings. The lowest BCUT2D eigenvalue weighted by Gasteiger charge is -2.34. The summed E-state index contributed by atoms with van der Waals surface area (Å²) in [5.74, 6) is 1.23. The van der Waals surface area contributed by atoms with Gasteiger partial charge in [0.2, 0.25) is 5.91 Å². The molecule has 2 N–H and O–H groups in total. The van der Waals surface area contributed by atoms with E-state index in [1.54, 1.807) is 0 Å². The highest BCUT2D eigenvalue weighted by Gasteiger charge is 2.25. The van der Waals surface area contributed by atoms with Gasteiger partial charge in [-0.05, 0) is 37.2 Å². The van der Waals surface area contributed by atoms with Crippen molar-refractivity contribution in [3.63, 3.8) is 0 Å². The van der Waals surface area contributed by atoms with E-state index in [0.717, 1.165) is 51.4 Å². The number of piperidine rings is 1. The number of hydrogen-bond acceptors (Lipinski definition) is 2. The number of nitrogens with zero attached hydrogens (tertiary/aromatic N) is 2. The maximum absolute atomic E-state index is 12.2. The third-order valence-corrected chi connectivity index (χ3v) is 5.18. The number of carbonyl (C=O) groups is 1. The van der Waals surface area contributed by atoms with Gasteiger partial charge in [0.05, 0.1) is 0 Å². The molecule has 1 aliphatic rings. The minimum absolute atomic E-state index is 0.0789. The summed E-state index contributed by atoms with van der Waals surface area (Å²) in [4.78, 5) is 19.0. The van der Waals surface area contributed by atoms with E-state index in [1.165, 1.54) is 5.56 Å². The number of nitrogens with one attached hydrogen (secondary N) is 2. The molecule has 0 bridgehead atoms. The van der Waals surface area contributed by atoms with Gasteiger partial charge in [-0.25, -0.2) is 0 Å². The van der Waals surface area contributed by atoms with Crippen molar-refractivity contribution in [3.05, 3.63) is 35.9 Å². The molecule has 156 valence electrons. The largest absolute Gasteiger partial charge is 0.357 e. The average Bonchev–Trinajstić information content (AvgIpc) is 2.67. The van der Waals surface area contributed by atoms with Crippen LogP contribution in [0.15, 0.2) is 35.3 Å². The van der Waals surface area contributed by atoms with Gasteiger partial charge in [0.25, 0.3) is 0 Å². The van der Waals surface area contributed by atoms with Crippen LogP contribution < -0.4 is 10.6 Å². The minimum Gasteiger partial charge on any atom is -0.357 e. The van der Waals surface area contributed by atoms with Crippen molar-refractivity contribution >= 4 is 11.9 Å². The van der Waals surface area contributed by atoms with Gasteiger partial charge in [-0.3, -0.25) is 9.79 Å². The summed E-state index contributed by atoms with van der Waals surface area (Å²) in [6, 6.07) is 11.0. The number of rotatable bonds is 7. The van der Waals surface area contributed by atoms with Crippen LogP contribution in [0.3, 0.4) is 0 Å². The fourth-order valence-corrected chi connectivity index (χ4v) is 3.62. The molecule has 1 amide bonds. The maximum atomic E-state index is 12.2. The molecule has 1 heterocycles. The Morgan fingerprint density at radius 2 is 1.86 bits per heavy atom. The molecule has 0 radical (unpaired) electrons. The molecule has 1 saturated heterocycles. The summed E-state index contributed by atoms with van der Waals surface area (Å²) in [6.07, 6.45) is 2.94.